The molecule has 0 atom stereocenters. The Labute approximate surface area is 142 Å². The summed E-state index contributed by atoms with van der Waals surface area (Å²) in [5.74, 6) is 0. The van der Waals surface area contributed by atoms with E-state index >= 15 is 0 Å². The number of nitrogens with one attached hydrogen (secondary N) is 1. The normalized spacial score (nSPS) is 10.3. The summed E-state index contributed by atoms with van der Waals surface area (Å²) in [6.45, 7) is 1.44. The topological polar surface area (TPSA) is 42.0 Å². The summed E-state index contributed by atoms with van der Waals surface area (Å²) < 4.78 is 2.53. The van der Waals surface area contributed by atoms with Crippen molar-refractivity contribution >= 4 is 54.3 Å². The van der Waals surface area contributed by atoms with Crippen LogP contribution in [-0.4, -0.2) is 18.3 Å². The number of anilines is 1. The van der Waals surface area contributed by atoms with Gasteiger partial charge in [0.15, 0.2) is 0 Å². The van der Waals surface area contributed by atoms with Gasteiger partial charge in [0, 0.05) is 17.1 Å². The molecule has 0 bridgehead atoms. The molecule has 0 saturated carbocycles. The van der Waals surface area contributed by atoms with E-state index in [-0.39, 0.29) is 0 Å². The van der Waals surface area contributed by atoms with Gasteiger partial charge in [-0.05, 0) is 25.1 Å². The van der Waals surface area contributed by atoms with Crippen LogP contribution in [0.2, 0.25) is 0 Å². The third-order valence-electron chi connectivity index (χ3n) is 3.33. The minimum Gasteiger partial charge on any atom is -0.379 e. The van der Waals surface area contributed by atoms with Crippen LogP contribution in [-0.2, 0) is 4.79 Å². The zero-order chi connectivity index (χ0) is 16.2. The Morgan fingerprint density at radius 1 is 1.00 bits per heavy atom. The van der Waals surface area contributed by atoms with E-state index in [4.69, 9.17) is 9.78 Å². The zero-order valence-electron chi connectivity index (χ0n) is 12.9. The Morgan fingerprint density at radius 3 is 2.35 bits per heavy atom. The van der Waals surface area contributed by atoms with Crippen LogP contribution in [0, 0.1) is 0 Å². The first-order chi connectivity index (χ1) is 11.3. The van der Waals surface area contributed by atoms with Crippen molar-refractivity contribution in [2.24, 2.45) is 0 Å². The molecule has 4 rings (SSSR count). The van der Waals surface area contributed by atoms with Gasteiger partial charge < -0.3 is 10.1 Å². The highest BCUT2D eigenvalue weighted by Gasteiger charge is 2.16. The number of benzene rings is 2. The summed E-state index contributed by atoms with van der Waals surface area (Å²) in [5, 5.41) is 6.87. The number of aromatic nitrogens is 1. The second kappa shape index (κ2) is 6.89. The van der Waals surface area contributed by atoms with Crippen LogP contribution in [0.4, 0.5) is 5.00 Å². The van der Waals surface area contributed by atoms with Gasteiger partial charge in [0.2, 0.25) is 0 Å². The summed E-state index contributed by atoms with van der Waals surface area (Å²) in [6.07, 6.45) is 0.750. The number of carbonyl (C=O) groups excluding carboxylic acids is 1. The minimum atomic E-state index is 0.750. The van der Waals surface area contributed by atoms with Gasteiger partial charge in [0.1, 0.15) is 11.3 Å². The summed E-state index contributed by atoms with van der Waals surface area (Å²) in [6, 6.07) is 16.8. The molecule has 0 fully saturated rings. The number of carbonyl (C=O) groups is 1. The fraction of sp³-hybridized carbons (Fsp3) is 0.111. The van der Waals surface area contributed by atoms with Crippen LogP contribution in [0.5, 0.6) is 0 Å². The van der Waals surface area contributed by atoms with Gasteiger partial charge in [0.25, 0.3) is 0 Å². The van der Waals surface area contributed by atoms with Gasteiger partial charge in [-0.1, -0.05) is 30.3 Å². The van der Waals surface area contributed by atoms with Gasteiger partial charge in [0.05, 0.1) is 20.8 Å². The van der Waals surface area contributed by atoms with Crippen molar-refractivity contribution in [3.8, 4) is 10.6 Å². The number of thiophene rings is 1. The maximum Gasteiger partial charge on any atom is 0.128 e. The fourth-order valence-corrected chi connectivity index (χ4v) is 4.57. The summed E-state index contributed by atoms with van der Waals surface area (Å²) in [4.78, 5) is 13.6. The van der Waals surface area contributed by atoms with E-state index in [1.807, 2.05) is 13.1 Å². The van der Waals surface area contributed by atoms with Gasteiger partial charge in [-0.2, -0.15) is 0 Å². The predicted molar refractivity (Wildman–Crippen MR) is 102 cm³/mol. The fourth-order valence-electron chi connectivity index (χ4n) is 2.41. The molecule has 5 heteroatoms. The van der Waals surface area contributed by atoms with Crippen molar-refractivity contribution < 1.29 is 4.79 Å². The zero-order valence-corrected chi connectivity index (χ0v) is 14.5. The first kappa shape index (κ1) is 15.6. The first-order valence-corrected chi connectivity index (χ1v) is 8.86. The molecule has 0 radical (unpaired) electrons. The summed E-state index contributed by atoms with van der Waals surface area (Å²) >= 11 is 3.54. The van der Waals surface area contributed by atoms with Crippen LogP contribution >= 0.6 is 22.7 Å². The van der Waals surface area contributed by atoms with Gasteiger partial charge >= 0.3 is 0 Å². The van der Waals surface area contributed by atoms with E-state index < -0.39 is 0 Å². The summed E-state index contributed by atoms with van der Waals surface area (Å²) in [5.41, 5.74) is 2.30. The molecule has 116 valence electrons. The molecule has 0 unspecified atom stereocenters. The number of fused-ring (bicyclic) bond motifs is 2. The van der Waals surface area contributed by atoms with E-state index in [1.165, 1.54) is 32.3 Å². The highest BCUT2D eigenvalue weighted by Crippen LogP contribution is 2.44. The Bertz CT molecular complexity index is 923. The van der Waals surface area contributed by atoms with Crippen molar-refractivity contribution in [3.63, 3.8) is 0 Å². The SMILES string of the molecule is CC=O.CNc1sc2ccccc2c1-c1nc2ccccc2s1. The molecular formula is C18H16N2OS2. The Balaban J connectivity index is 0.000000485. The number of nitrogens with zero attached hydrogens (tertiary/aromatic N) is 1. The maximum atomic E-state index is 8.81. The summed E-state index contributed by atoms with van der Waals surface area (Å²) in [7, 11) is 1.97. The number of hydrogen-bond donors (Lipinski definition) is 1. The predicted octanol–water partition coefficient (Wildman–Crippen LogP) is 5.42. The van der Waals surface area contributed by atoms with Crippen molar-refractivity contribution in [3.05, 3.63) is 48.5 Å². The third kappa shape index (κ3) is 2.98. The molecule has 2 aromatic carbocycles. The Hall–Kier alpha value is -2.24. The molecule has 2 aromatic heterocycles. The Kier molecular flexibility index (Phi) is 4.69. The number of aldehydes is 1. The number of rotatable bonds is 2. The molecule has 0 aliphatic carbocycles. The lowest BCUT2D eigenvalue weighted by Crippen LogP contribution is -1.86. The highest BCUT2D eigenvalue weighted by molar-refractivity contribution is 7.25. The largest absolute Gasteiger partial charge is 0.379 e. The Morgan fingerprint density at radius 2 is 1.65 bits per heavy atom. The van der Waals surface area contributed by atoms with Gasteiger partial charge in [-0.3, -0.25) is 0 Å². The quantitative estimate of drug-likeness (QED) is 0.495. The van der Waals surface area contributed by atoms with E-state index in [0.29, 0.717) is 0 Å². The van der Waals surface area contributed by atoms with Crippen LogP contribution in [0.25, 0.3) is 30.9 Å². The highest BCUT2D eigenvalue weighted by atomic mass is 32.1. The van der Waals surface area contributed by atoms with E-state index in [9.17, 15) is 0 Å². The van der Waals surface area contributed by atoms with Crippen LogP contribution in [0.3, 0.4) is 0 Å². The number of hydrogen-bond acceptors (Lipinski definition) is 5. The monoisotopic (exact) mass is 340 g/mol. The molecule has 0 saturated heterocycles. The second-order valence-electron chi connectivity index (χ2n) is 4.77. The van der Waals surface area contributed by atoms with E-state index in [2.05, 4.69) is 47.8 Å². The molecular weight excluding hydrogens is 324 g/mol. The van der Waals surface area contributed by atoms with Crippen molar-refractivity contribution in [1.82, 2.24) is 4.98 Å². The molecule has 23 heavy (non-hydrogen) atoms. The van der Waals surface area contributed by atoms with E-state index in [0.717, 1.165) is 16.8 Å². The van der Waals surface area contributed by atoms with Crippen molar-refractivity contribution in [2.45, 2.75) is 6.92 Å². The average molecular weight is 340 g/mol. The molecule has 2 heterocycles. The smallest absolute Gasteiger partial charge is 0.128 e. The van der Waals surface area contributed by atoms with Crippen molar-refractivity contribution in [1.29, 1.82) is 0 Å². The molecule has 3 nitrogen and oxygen atoms in total. The van der Waals surface area contributed by atoms with Gasteiger partial charge in [-0.15, -0.1) is 22.7 Å². The number of para-hydroxylation sites is 1. The lowest BCUT2D eigenvalue weighted by molar-refractivity contribution is -0.106. The van der Waals surface area contributed by atoms with Crippen molar-refractivity contribution in [2.75, 3.05) is 12.4 Å². The molecule has 0 aliphatic rings. The molecule has 1 N–H and O–H groups in total. The van der Waals surface area contributed by atoms with E-state index in [1.54, 1.807) is 22.7 Å². The second-order valence-corrected chi connectivity index (χ2v) is 6.86. The van der Waals surface area contributed by atoms with Crippen LogP contribution in [0.1, 0.15) is 6.92 Å². The number of thiazole rings is 1. The minimum absolute atomic E-state index is 0.750. The first-order valence-electron chi connectivity index (χ1n) is 7.23. The maximum absolute atomic E-state index is 8.81. The van der Waals surface area contributed by atoms with Crippen LogP contribution < -0.4 is 5.32 Å². The average Bonchev–Trinajstić information content (AvgIpc) is 3.15. The lowest BCUT2D eigenvalue weighted by atomic mass is 10.2. The van der Waals surface area contributed by atoms with Gasteiger partial charge in [-0.25, -0.2) is 4.98 Å². The molecule has 0 aliphatic heterocycles. The molecule has 0 amide bonds. The molecule has 0 spiro atoms. The lowest BCUT2D eigenvalue weighted by Gasteiger charge is -1.99. The third-order valence-corrected chi connectivity index (χ3v) is 5.57. The van der Waals surface area contributed by atoms with Crippen LogP contribution in [0.15, 0.2) is 48.5 Å². The standard InChI is InChI=1S/C16H12N2S2.C2H4O/c1-17-15-14(10-6-2-4-8-12(10)19-15)16-18-11-7-3-5-9-13(11)20-16;1-2-3/h2-9,17H,1H3;2H,1H3. The molecule has 4 aromatic rings.